The average Bonchev–Trinajstić information content (AvgIpc) is 3.28. The fraction of sp³-hybridized carbons (Fsp3) is 0.273. The molecule has 172 valence electrons. The molecule has 33 heavy (non-hydrogen) atoms. The van der Waals surface area contributed by atoms with Crippen LogP contribution in [0.1, 0.15) is 23.6 Å². The molecule has 12 N–H and O–H groups in total. The van der Waals surface area contributed by atoms with E-state index in [0.717, 1.165) is 27.6 Å². The molecule has 11 nitrogen and oxygen atoms in total. The number of nitroso groups, excluding NO2 is 1. The summed E-state index contributed by atoms with van der Waals surface area (Å²) in [4.78, 5) is 12.0. The quantitative estimate of drug-likeness (QED) is 0.237. The third kappa shape index (κ3) is 3.34. The van der Waals surface area contributed by atoms with Crippen molar-refractivity contribution in [1.82, 2.24) is 0 Å². The van der Waals surface area contributed by atoms with Crippen LogP contribution in [0, 0.1) is 4.91 Å². The molecule has 0 saturated heterocycles. The maximum atomic E-state index is 12.0. The van der Waals surface area contributed by atoms with Crippen LogP contribution in [0.3, 0.4) is 0 Å². The molecule has 0 fully saturated rings. The minimum Gasteiger partial charge on any atom is -0.489 e. The van der Waals surface area contributed by atoms with Gasteiger partial charge in [0.25, 0.3) is 5.97 Å². The van der Waals surface area contributed by atoms with E-state index in [9.17, 15) is 4.91 Å². The van der Waals surface area contributed by atoms with Crippen LogP contribution in [0.25, 0.3) is 21.9 Å². The van der Waals surface area contributed by atoms with Crippen molar-refractivity contribution in [2.45, 2.75) is 30.9 Å². The fourth-order valence-electron chi connectivity index (χ4n) is 4.98. The van der Waals surface area contributed by atoms with Crippen molar-refractivity contribution in [1.29, 1.82) is 0 Å². The molecule has 3 aromatic carbocycles. The number of fused-ring (bicyclic) bond motifs is 7. The van der Waals surface area contributed by atoms with Crippen molar-refractivity contribution in [2.75, 3.05) is 6.61 Å². The Morgan fingerprint density at radius 2 is 1.76 bits per heavy atom. The number of benzene rings is 3. The van der Waals surface area contributed by atoms with Gasteiger partial charge in [0.15, 0.2) is 11.5 Å². The van der Waals surface area contributed by atoms with E-state index in [-0.39, 0.29) is 11.4 Å². The molecule has 1 heterocycles. The van der Waals surface area contributed by atoms with Crippen molar-refractivity contribution < 1.29 is 14.2 Å². The molecule has 0 aromatic heterocycles. The number of hydrogen-bond donors (Lipinski definition) is 6. The number of hydrogen-bond acceptors (Lipinski definition) is 11. The van der Waals surface area contributed by atoms with Crippen molar-refractivity contribution >= 4 is 16.5 Å². The number of rotatable bonds is 5. The topological polar surface area (TPSA) is 213 Å². The maximum Gasteiger partial charge on any atom is 0.271 e. The van der Waals surface area contributed by atoms with Gasteiger partial charge in [-0.2, -0.15) is 0 Å². The van der Waals surface area contributed by atoms with Crippen LogP contribution in [0.15, 0.2) is 41.6 Å². The summed E-state index contributed by atoms with van der Waals surface area (Å²) >= 11 is 0. The van der Waals surface area contributed by atoms with Crippen LogP contribution in [0.4, 0.5) is 5.69 Å². The van der Waals surface area contributed by atoms with E-state index in [1.54, 1.807) is 19.1 Å². The normalized spacial score (nSPS) is 19.1. The summed E-state index contributed by atoms with van der Waals surface area (Å²) in [7, 11) is 0. The molecule has 3 aromatic rings. The van der Waals surface area contributed by atoms with Crippen LogP contribution in [0.5, 0.6) is 11.5 Å². The van der Waals surface area contributed by atoms with Gasteiger partial charge in [-0.3, -0.25) is 34.4 Å². The lowest BCUT2D eigenvalue weighted by atomic mass is 9.89. The number of ether oxygens (including phenoxy) is 3. The number of nitrogens with two attached hydrogens (primary N) is 6. The molecule has 0 bridgehead atoms. The van der Waals surface area contributed by atoms with Gasteiger partial charge in [0, 0.05) is 17.4 Å². The van der Waals surface area contributed by atoms with E-state index in [4.69, 9.17) is 48.6 Å². The van der Waals surface area contributed by atoms with E-state index in [1.165, 1.54) is 0 Å². The van der Waals surface area contributed by atoms with Gasteiger partial charge in [-0.05, 0) is 51.9 Å². The van der Waals surface area contributed by atoms with Crippen molar-refractivity contribution in [2.24, 2.45) is 39.6 Å². The Balaban J connectivity index is 1.91. The summed E-state index contributed by atoms with van der Waals surface area (Å²) in [6.07, 6.45) is 0.554. The lowest BCUT2D eigenvalue weighted by Crippen LogP contribution is -2.63. The molecule has 0 radical (unpaired) electrons. The second-order valence-corrected chi connectivity index (χ2v) is 8.60. The van der Waals surface area contributed by atoms with Gasteiger partial charge in [0.05, 0.1) is 6.61 Å². The maximum absolute atomic E-state index is 12.0. The molecule has 11 heteroatoms. The van der Waals surface area contributed by atoms with Crippen molar-refractivity contribution in [3.8, 4) is 22.6 Å². The Morgan fingerprint density at radius 3 is 2.42 bits per heavy atom. The molecule has 1 aliphatic carbocycles. The van der Waals surface area contributed by atoms with Crippen molar-refractivity contribution in [3.63, 3.8) is 0 Å². The van der Waals surface area contributed by atoms with E-state index >= 15 is 0 Å². The molecule has 5 rings (SSSR count). The molecule has 1 atom stereocenters. The third-order valence-corrected chi connectivity index (χ3v) is 6.01. The highest BCUT2D eigenvalue weighted by Crippen LogP contribution is 2.57. The summed E-state index contributed by atoms with van der Waals surface area (Å²) in [5, 5.41) is 4.58. The van der Waals surface area contributed by atoms with Gasteiger partial charge in [-0.1, -0.05) is 24.3 Å². The number of nitrogens with zero attached hydrogens (tertiary/aromatic N) is 1. The van der Waals surface area contributed by atoms with Gasteiger partial charge in [-0.15, -0.1) is 4.91 Å². The predicted octanol–water partition coefficient (Wildman–Crippen LogP) is 0.787. The average molecular weight is 451 g/mol. The molecular formula is C22H25N7O4. The molecule has 0 amide bonds. The highest BCUT2D eigenvalue weighted by atomic mass is 16.6. The first-order valence-electron chi connectivity index (χ1n) is 10.3. The van der Waals surface area contributed by atoms with Gasteiger partial charge in [0.2, 0.25) is 5.97 Å². The summed E-state index contributed by atoms with van der Waals surface area (Å²) in [5.74, 6) is -3.19. The zero-order valence-corrected chi connectivity index (χ0v) is 17.9. The van der Waals surface area contributed by atoms with Gasteiger partial charge < -0.3 is 14.2 Å². The Morgan fingerprint density at radius 1 is 1.03 bits per heavy atom. The monoisotopic (exact) mass is 451 g/mol. The van der Waals surface area contributed by atoms with Crippen LogP contribution in [0.2, 0.25) is 0 Å². The zero-order chi connectivity index (χ0) is 23.8. The van der Waals surface area contributed by atoms with E-state index < -0.39 is 17.5 Å². The van der Waals surface area contributed by atoms with Crippen LogP contribution in [-0.2, 0) is 16.8 Å². The standard InChI is InChI=1S/C22H25N7O4/c1-20(33-22(26,27)28)13-5-3-2-4-10(13)18-14(20)9-15(29-30)12-8-16(32-21(23,24)25)19-11(17(12)18)6-7-31-19/h2-5,8-9H,6-7,23-28H2,1H3. The minimum atomic E-state index is -1.94. The Kier molecular flexibility index (Phi) is 4.54. The van der Waals surface area contributed by atoms with Gasteiger partial charge in [0.1, 0.15) is 11.3 Å². The summed E-state index contributed by atoms with van der Waals surface area (Å²) in [6.45, 7) is 2.21. The lowest BCUT2D eigenvalue weighted by Gasteiger charge is -2.34. The minimum absolute atomic E-state index is 0.152. The molecule has 1 aliphatic heterocycles. The van der Waals surface area contributed by atoms with E-state index in [2.05, 4.69) is 5.18 Å². The SMILES string of the molecule is CC1(OC(N)(N)N)c2ccccc2-c2c1cc(N=O)c1cc(OC(N)(N)N)c3c(c21)CCO3. The summed E-state index contributed by atoms with van der Waals surface area (Å²) in [6, 6.07) is 10.9. The van der Waals surface area contributed by atoms with Crippen LogP contribution >= 0.6 is 0 Å². The second kappa shape index (κ2) is 6.92. The molecule has 0 spiro atoms. The van der Waals surface area contributed by atoms with Crippen LogP contribution in [-0.4, -0.2) is 18.6 Å². The summed E-state index contributed by atoms with van der Waals surface area (Å²) < 4.78 is 17.4. The third-order valence-electron chi connectivity index (χ3n) is 6.01. The molecule has 1 unspecified atom stereocenters. The van der Waals surface area contributed by atoms with E-state index in [0.29, 0.717) is 29.7 Å². The zero-order valence-electron chi connectivity index (χ0n) is 17.9. The first kappa shape index (κ1) is 21.7. The van der Waals surface area contributed by atoms with Crippen LogP contribution < -0.4 is 43.9 Å². The molecule has 2 aliphatic rings. The largest absolute Gasteiger partial charge is 0.489 e. The fourth-order valence-corrected chi connectivity index (χ4v) is 4.98. The van der Waals surface area contributed by atoms with Gasteiger partial charge in [-0.25, -0.2) is 0 Å². The highest BCUT2D eigenvalue weighted by molar-refractivity contribution is 6.10. The Bertz CT molecular complexity index is 1310. The highest BCUT2D eigenvalue weighted by Gasteiger charge is 2.46. The predicted molar refractivity (Wildman–Crippen MR) is 123 cm³/mol. The first-order valence-corrected chi connectivity index (χ1v) is 10.3. The Labute approximate surface area is 188 Å². The second-order valence-electron chi connectivity index (χ2n) is 8.60. The lowest BCUT2D eigenvalue weighted by molar-refractivity contribution is -0.123. The van der Waals surface area contributed by atoms with Gasteiger partial charge >= 0.3 is 0 Å². The smallest absolute Gasteiger partial charge is 0.271 e. The summed E-state index contributed by atoms with van der Waals surface area (Å²) in [5.41, 5.74) is 37.5. The molecular weight excluding hydrogens is 426 g/mol. The van der Waals surface area contributed by atoms with E-state index in [1.807, 2.05) is 24.3 Å². The molecule has 0 saturated carbocycles. The van der Waals surface area contributed by atoms with Crippen molar-refractivity contribution in [3.05, 3.63) is 58.0 Å². The Hall–Kier alpha value is -3.16. The first-order chi connectivity index (χ1) is 15.4.